The fourth-order valence-corrected chi connectivity index (χ4v) is 3.03. The van der Waals surface area contributed by atoms with E-state index < -0.39 is 16.2 Å². The Bertz CT molecular complexity index is 514. The lowest BCUT2D eigenvalue weighted by Gasteiger charge is -2.13. The molecule has 0 radical (unpaired) electrons. The molecule has 0 saturated carbocycles. The van der Waals surface area contributed by atoms with Crippen LogP contribution in [0.15, 0.2) is 0 Å². The molecule has 2 saturated heterocycles. The molecule has 0 aliphatic carbocycles. The highest BCUT2D eigenvalue weighted by atomic mass is 32.2. The van der Waals surface area contributed by atoms with Crippen LogP contribution >= 0.6 is 0 Å². The van der Waals surface area contributed by atoms with Crippen LogP contribution in [0.2, 0.25) is 0 Å². The number of hydrogen-bond acceptors (Lipinski definition) is 5. The van der Waals surface area contributed by atoms with E-state index in [-0.39, 0.29) is 5.91 Å². The topological polar surface area (TPSA) is 66.9 Å². The van der Waals surface area contributed by atoms with Gasteiger partial charge in [-0.1, -0.05) is 11.8 Å². The minimum atomic E-state index is -3.59. The number of carbonyl (C=O) groups excluding carboxylic acids is 1. The van der Waals surface area contributed by atoms with Gasteiger partial charge in [-0.3, -0.25) is 13.9 Å². The third kappa shape index (κ3) is 4.47. The molecule has 0 bridgehead atoms. The first-order valence-electron chi connectivity index (χ1n) is 6.81. The van der Waals surface area contributed by atoms with Gasteiger partial charge in [0.25, 0.3) is 16.0 Å². The smallest absolute Gasteiger partial charge is 0.265 e. The molecule has 112 valence electrons. The average Bonchev–Trinajstić information content (AvgIpc) is 2.97. The van der Waals surface area contributed by atoms with Gasteiger partial charge in [-0.15, -0.1) is 0 Å². The average molecular weight is 300 g/mol. The number of nitrogens with zero attached hydrogens (tertiary/aromatic N) is 2. The minimum Gasteiger partial charge on any atom is -0.329 e. The summed E-state index contributed by atoms with van der Waals surface area (Å²) in [6, 6.07) is 0. The van der Waals surface area contributed by atoms with Gasteiger partial charge in [-0.05, 0) is 25.9 Å². The molecule has 0 spiro atoms. The number of hydrogen-bond donors (Lipinski definition) is 0. The largest absolute Gasteiger partial charge is 0.329 e. The first kappa shape index (κ1) is 15.3. The van der Waals surface area contributed by atoms with Crippen molar-refractivity contribution >= 4 is 16.0 Å². The van der Waals surface area contributed by atoms with Gasteiger partial charge in [0.1, 0.15) is 0 Å². The molecule has 1 amide bonds. The van der Waals surface area contributed by atoms with E-state index >= 15 is 0 Å². The molecule has 0 unspecified atom stereocenters. The van der Waals surface area contributed by atoms with Crippen LogP contribution in [0.25, 0.3) is 0 Å². The summed E-state index contributed by atoms with van der Waals surface area (Å²) in [6.07, 6.45) is 2.96. The molecule has 1 atom stereocenters. The minimum absolute atomic E-state index is 0.286. The van der Waals surface area contributed by atoms with E-state index in [1.54, 1.807) is 4.90 Å². The van der Waals surface area contributed by atoms with Crippen molar-refractivity contribution in [1.82, 2.24) is 9.80 Å². The van der Waals surface area contributed by atoms with Crippen molar-refractivity contribution in [2.45, 2.75) is 25.4 Å². The number of rotatable bonds is 4. The van der Waals surface area contributed by atoms with Gasteiger partial charge in [0.15, 0.2) is 6.10 Å². The molecule has 2 rings (SSSR count). The summed E-state index contributed by atoms with van der Waals surface area (Å²) in [6.45, 7) is 3.78. The van der Waals surface area contributed by atoms with Gasteiger partial charge in [-0.25, -0.2) is 0 Å². The Balaban J connectivity index is 1.77. The van der Waals surface area contributed by atoms with E-state index in [2.05, 4.69) is 16.7 Å². The van der Waals surface area contributed by atoms with E-state index in [0.717, 1.165) is 25.9 Å². The van der Waals surface area contributed by atoms with Crippen LogP contribution in [0.3, 0.4) is 0 Å². The Morgan fingerprint density at radius 1 is 1.20 bits per heavy atom. The van der Waals surface area contributed by atoms with E-state index in [1.165, 1.54) is 12.8 Å². The number of amides is 1. The Kier molecular flexibility index (Phi) is 5.02. The summed E-state index contributed by atoms with van der Waals surface area (Å²) < 4.78 is 26.8. The zero-order valence-electron chi connectivity index (χ0n) is 11.7. The Morgan fingerprint density at radius 2 is 1.85 bits per heavy atom. The summed E-state index contributed by atoms with van der Waals surface area (Å²) in [5.74, 6) is 5.75. The molecule has 0 aromatic heterocycles. The molecular weight excluding hydrogens is 280 g/mol. The van der Waals surface area contributed by atoms with Crippen molar-refractivity contribution < 1.29 is 17.4 Å². The van der Waals surface area contributed by atoms with Gasteiger partial charge in [-0.2, -0.15) is 8.42 Å². The highest BCUT2D eigenvalue weighted by Gasteiger charge is 2.34. The Morgan fingerprint density at radius 3 is 2.50 bits per heavy atom. The van der Waals surface area contributed by atoms with Gasteiger partial charge in [0.05, 0.1) is 19.3 Å². The first-order chi connectivity index (χ1) is 9.46. The maximum absolute atomic E-state index is 11.9. The lowest BCUT2D eigenvalue weighted by Crippen LogP contribution is -2.32. The van der Waals surface area contributed by atoms with Crippen molar-refractivity contribution in [1.29, 1.82) is 0 Å². The number of carbonyl (C=O) groups is 1. The second-order valence-electron chi connectivity index (χ2n) is 5.17. The van der Waals surface area contributed by atoms with Gasteiger partial charge in [0, 0.05) is 13.0 Å². The third-order valence-electron chi connectivity index (χ3n) is 3.44. The van der Waals surface area contributed by atoms with Crippen LogP contribution in [0.1, 0.15) is 19.3 Å². The summed E-state index contributed by atoms with van der Waals surface area (Å²) in [5.41, 5.74) is 0. The molecule has 0 N–H and O–H groups in total. The van der Waals surface area contributed by atoms with Crippen LogP contribution in [0.5, 0.6) is 0 Å². The van der Waals surface area contributed by atoms with Gasteiger partial charge >= 0.3 is 0 Å². The Labute approximate surface area is 120 Å². The molecule has 6 nitrogen and oxygen atoms in total. The lowest BCUT2D eigenvalue weighted by molar-refractivity contribution is -0.132. The van der Waals surface area contributed by atoms with Crippen molar-refractivity contribution in [3.05, 3.63) is 0 Å². The summed E-state index contributed by atoms with van der Waals surface area (Å²) in [7, 11) is -3.59. The van der Waals surface area contributed by atoms with Crippen LogP contribution < -0.4 is 0 Å². The van der Waals surface area contributed by atoms with Crippen LogP contribution in [0, 0.1) is 11.8 Å². The van der Waals surface area contributed by atoms with Crippen molar-refractivity contribution in [3.63, 3.8) is 0 Å². The van der Waals surface area contributed by atoms with Gasteiger partial charge < -0.3 is 4.90 Å². The fourth-order valence-electron chi connectivity index (χ4n) is 2.43. The maximum atomic E-state index is 11.9. The summed E-state index contributed by atoms with van der Waals surface area (Å²) >= 11 is 0. The van der Waals surface area contributed by atoms with E-state index in [4.69, 9.17) is 4.18 Å². The lowest BCUT2D eigenvalue weighted by atomic mass is 10.3. The fraction of sp³-hybridized carbons (Fsp3) is 0.769. The second-order valence-corrected chi connectivity index (χ2v) is 6.77. The summed E-state index contributed by atoms with van der Waals surface area (Å²) in [5, 5.41) is 0. The van der Waals surface area contributed by atoms with Crippen molar-refractivity contribution in [3.8, 4) is 11.8 Å². The molecule has 7 heteroatoms. The molecule has 2 aliphatic rings. The van der Waals surface area contributed by atoms with E-state index in [0.29, 0.717) is 19.5 Å². The van der Waals surface area contributed by atoms with Crippen molar-refractivity contribution in [2.75, 3.05) is 39.0 Å². The summed E-state index contributed by atoms with van der Waals surface area (Å²) in [4.78, 5) is 15.7. The van der Waals surface area contributed by atoms with E-state index in [1.807, 2.05) is 0 Å². The molecule has 2 heterocycles. The van der Waals surface area contributed by atoms with Crippen LogP contribution in [-0.2, 0) is 19.1 Å². The standard InChI is InChI=1S/C13H20N2O4S/c1-20(17,18)19-12-6-11-15(13(12)16)10-5-4-9-14-7-2-3-8-14/h12H,2-3,6-11H2,1H3/t12-/m0/s1. The Hall–Kier alpha value is -1.10. The normalized spacial score (nSPS) is 23.9. The molecule has 20 heavy (non-hydrogen) atoms. The molecule has 0 aromatic rings. The SMILES string of the molecule is CS(=O)(=O)O[C@H]1CCN(CC#CCN2CCCC2)C1=O. The van der Waals surface area contributed by atoms with E-state index in [9.17, 15) is 13.2 Å². The predicted molar refractivity (Wildman–Crippen MR) is 74.4 cm³/mol. The monoisotopic (exact) mass is 300 g/mol. The zero-order chi connectivity index (χ0) is 14.6. The number of likely N-dealkylation sites (tertiary alicyclic amines) is 2. The molecule has 0 aromatic carbocycles. The van der Waals surface area contributed by atoms with Crippen LogP contribution in [0.4, 0.5) is 0 Å². The van der Waals surface area contributed by atoms with Gasteiger partial charge in [0.2, 0.25) is 0 Å². The first-order valence-corrected chi connectivity index (χ1v) is 8.62. The molecular formula is C13H20N2O4S. The third-order valence-corrected chi connectivity index (χ3v) is 4.02. The van der Waals surface area contributed by atoms with Crippen LogP contribution in [-0.4, -0.2) is 69.2 Å². The van der Waals surface area contributed by atoms with Crippen molar-refractivity contribution in [2.24, 2.45) is 0 Å². The zero-order valence-corrected chi connectivity index (χ0v) is 12.5. The molecule has 2 aliphatic heterocycles. The highest BCUT2D eigenvalue weighted by molar-refractivity contribution is 7.86. The maximum Gasteiger partial charge on any atom is 0.265 e. The highest BCUT2D eigenvalue weighted by Crippen LogP contribution is 2.15. The predicted octanol–water partition coefficient (Wildman–Crippen LogP) is -0.337. The quantitative estimate of drug-likeness (QED) is 0.525. The second kappa shape index (κ2) is 6.57. The molecule has 2 fully saturated rings.